The highest BCUT2D eigenvalue weighted by molar-refractivity contribution is 7.92. The predicted octanol–water partition coefficient (Wildman–Crippen LogP) is 3.89. The molecule has 33 heavy (non-hydrogen) atoms. The lowest BCUT2D eigenvalue weighted by atomic mass is 10.2. The van der Waals surface area contributed by atoms with Crippen molar-refractivity contribution in [2.24, 2.45) is 0 Å². The number of sulfonamides is 1. The average Bonchev–Trinajstić information content (AvgIpc) is 2.78. The number of amides is 1. The molecule has 0 aliphatic carbocycles. The van der Waals surface area contributed by atoms with Gasteiger partial charge in [-0.25, -0.2) is 8.42 Å². The van der Waals surface area contributed by atoms with E-state index in [1.54, 1.807) is 37.3 Å². The van der Waals surface area contributed by atoms with Crippen LogP contribution >= 0.6 is 0 Å². The Morgan fingerprint density at radius 3 is 2.33 bits per heavy atom. The number of carbonyl (C=O) groups excluding carboxylic acids is 1. The highest BCUT2D eigenvalue weighted by Gasteiger charge is 2.18. The van der Waals surface area contributed by atoms with Gasteiger partial charge in [-0.2, -0.15) is 0 Å². The highest BCUT2D eigenvalue weighted by atomic mass is 32.2. The summed E-state index contributed by atoms with van der Waals surface area (Å²) in [6, 6.07) is 19.8. The zero-order chi connectivity index (χ0) is 24.0. The number of hydrogen-bond donors (Lipinski definition) is 1. The van der Waals surface area contributed by atoms with E-state index in [2.05, 4.69) is 5.32 Å². The SMILES string of the molecule is Cc1ccc([N+](=O)[O-])cc1NC(=O)COc1ccc(N(Cc2ccccc2)S(C)(=O)=O)cc1. The first-order valence-electron chi connectivity index (χ1n) is 9.93. The maximum atomic E-state index is 12.3. The van der Waals surface area contributed by atoms with Crippen molar-refractivity contribution in [1.29, 1.82) is 0 Å². The van der Waals surface area contributed by atoms with Crippen molar-refractivity contribution < 1.29 is 22.9 Å². The first-order valence-corrected chi connectivity index (χ1v) is 11.8. The van der Waals surface area contributed by atoms with Crippen LogP contribution in [0, 0.1) is 17.0 Å². The molecule has 0 unspecified atom stereocenters. The van der Waals surface area contributed by atoms with Gasteiger partial charge in [-0.05, 0) is 42.3 Å². The fourth-order valence-electron chi connectivity index (χ4n) is 3.05. The van der Waals surface area contributed by atoms with Gasteiger partial charge in [0, 0.05) is 12.1 Å². The molecular weight excluding hydrogens is 446 g/mol. The number of non-ortho nitro benzene ring substituents is 1. The van der Waals surface area contributed by atoms with Crippen LogP contribution in [0.2, 0.25) is 0 Å². The van der Waals surface area contributed by atoms with Gasteiger partial charge < -0.3 is 10.1 Å². The average molecular weight is 470 g/mol. The Labute approximate surface area is 191 Å². The van der Waals surface area contributed by atoms with Gasteiger partial charge in [-0.15, -0.1) is 0 Å². The number of hydrogen-bond acceptors (Lipinski definition) is 6. The molecule has 0 aliphatic heterocycles. The lowest BCUT2D eigenvalue weighted by molar-refractivity contribution is -0.384. The molecule has 0 fully saturated rings. The summed E-state index contributed by atoms with van der Waals surface area (Å²) in [5.74, 6) is -0.109. The van der Waals surface area contributed by atoms with Crippen LogP contribution in [0.1, 0.15) is 11.1 Å². The zero-order valence-corrected chi connectivity index (χ0v) is 18.9. The van der Waals surface area contributed by atoms with Crippen LogP contribution < -0.4 is 14.4 Å². The number of nitrogens with zero attached hydrogens (tertiary/aromatic N) is 2. The number of nitro groups is 1. The summed E-state index contributed by atoms with van der Waals surface area (Å²) in [6.07, 6.45) is 1.14. The van der Waals surface area contributed by atoms with Crippen molar-refractivity contribution >= 4 is 33.0 Å². The van der Waals surface area contributed by atoms with Gasteiger partial charge in [0.15, 0.2) is 6.61 Å². The van der Waals surface area contributed by atoms with E-state index in [4.69, 9.17) is 4.74 Å². The number of nitrogens with one attached hydrogen (secondary N) is 1. The van der Waals surface area contributed by atoms with Gasteiger partial charge in [-0.3, -0.25) is 19.2 Å². The Morgan fingerprint density at radius 1 is 1.06 bits per heavy atom. The van der Waals surface area contributed by atoms with Crippen molar-refractivity contribution in [2.75, 3.05) is 22.5 Å². The summed E-state index contributed by atoms with van der Waals surface area (Å²) in [7, 11) is -3.52. The summed E-state index contributed by atoms with van der Waals surface area (Å²) in [5, 5.41) is 13.5. The van der Waals surface area contributed by atoms with Crippen molar-refractivity contribution in [3.05, 3.63) is 94.0 Å². The van der Waals surface area contributed by atoms with Gasteiger partial charge in [0.25, 0.3) is 11.6 Å². The molecule has 0 spiro atoms. The van der Waals surface area contributed by atoms with Crippen LogP contribution in [0.15, 0.2) is 72.8 Å². The first kappa shape index (κ1) is 23.7. The van der Waals surface area contributed by atoms with Crippen LogP contribution in [0.5, 0.6) is 5.75 Å². The summed E-state index contributed by atoms with van der Waals surface area (Å²) < 4.78 is 31.4. The van der Waals surface area contributed by atoms with Crippen molar-refractivity contribution in [3.63, 3.8) is 0 Å². The second kappa shape index (κ2) is 10.1. The van der Waals surface area contributed by atoms with Crippen LogP contribution in [-0.4, -0.2) is 32.1 Å². The van der Waals surface area contributed by atoms with Crippen molar-refractivity contribution in [3.8, 4) is 5.75 Å². The molecule has 10 heteroatoms. The molecule has 0 radical (unpaired) electrons. The maximum Gasteiger partial charge on any atom is 0.271 e. The topological polar surface area (TPSA) is 119 Å². The molecule has 0 heterocycles. The van der Waals surface area contributed by atoms with E-state index in [1.165, 1.54) is 16.4 Å². The normalized spacial score (nSPS) is 11.0. The van der Waals surface area contributed by atoms with Crippen LogP contribution in [0.25, 0.3) is 0 Å². The largest absolute Gasteiger partial charge is 0.484 e. The molecule has 0 saturated heterocycles. The standard InChI is InChI=1S/C23H23N3O6S/c1-17-8-9-20(26(28)29)14-22(17)24-23(27)16-32-21-12-10-19(11-13-21)25(33(2,30)31)15-18-6-4-3-5-7-18/h3-14H,15-16H2,1-2H3,(H,24,27). The third-order valence-corrected chi connectivity index (χ3v) is 5.91. The number of rotatable bonds is 9. The number of aryl methyl sites for hydroxylation is 1. The van der Waals surface area contributed by atoms with Gasteiger partial charge in [0.1, 0.15) is 5.75 Å². The Balaban J connectivity index is 1.64. The number of anilines is 2. The zero-order valence-electron chi connectivity index (χ0n) is 18.1. The molecule has 0 aliphatic rings. The van der Waals surface area contributed by atoms with E-state index in [-0.39, 0.29) is 18.8 Å². The fourth-order valence-corrected chi connectivity index (χ4v) is 3.94. The Morgan fingerprint density at radius 2 is 1.73 bits per heavy atom. The quantitative estimate of drug-likeness (QED) is 0.375. The van der Waals surface area contributed by atoms with Crippen molar-refractivity contribution in [2.45, 2.75) is 13.5 Å². The fraction of sp³-hybridized carbons (Fsp3) is 0.174. The molecule has 0 bridgehead atoms. The lowest BCUT2D eigenvalue weighted by Crippen LogP contribution is -2.29. The molecule has 0 aromatic heterocycles. The van der Waals surface area contributed by atoms with E-state index in [0.717, 1.165) is 11.8 Å². The summed E-state index contributed by atoms with van der Waals surface area (Å²) in [4.78, 5) is 22.6. The molecule has 3 aromatic rings. The van der Waals surface area contributed by atoms with Gasteiger partial charge in [0.2, 0.25) is 10.0 Å². The molecule has 0 atom stereocenters. The van der Waals surface area contributed by atoms with Gasteiger partial charge in [-0.1, -0.05) is 36.4 Å². The van der Waals surface area contributed by atoms with E-state index < -0.39 is 20.9 Å². The molecule has 9 nitrogen and oxygen atoms in total. The molecular formula is C23H23N3O6S. The van der Waals surface area contributed by atoms with Gasteiger partial charge >= 0.3 is 0 Å². The summed E-state index contributed by atoms with van der Waals surface area (Å²) >= 11 is 0. The summed E-state index contributed by atoms with van der Waals surface area (Å²) in [5.41, 5.74) is 2.19. The van der Waals surface area contributed by atoms with Crippen LogP contribution in [-0.2, 0) is 21.4 Å². The monoisotopic (exact) mass is 469 g/mol. The van der Waals surface area contributed by atoms with E-state index >= 15 is 0 Å². The number of nitro benzene ring substituents is 1. The van der Waals surface area contributed by atoms with E-state index in [9.17, 15) is 23.3 Å². The highest BCUT2D eigenvalue weighted by Crippen LogP contribution is 2.24. The minimum Gasteiger partial charge on any atom is -0.484 e. The molecule has 1 amide bonds. The van der Waals surface area contributed by atoms with Crippen molar-refractivity contribution in [1.82, 2.24) is 0 Å². The second-order valence-electron chi connectivity index (χ2n) is 7.34. The molecule has 0 saturated carbocycles. The lowest BCUT2D eigenvalue weighted by Gasteiger charge is -2.22. The number of benzene rings is 3. The minimum atomic E-state index is -3.52. The molecule has 172 valence electrons. The second-order valence-corrected chi connectivity index (χ2v) is 9.25. The Hall–Kier alpha value is -3.92. The van der Waals surface area contributed by atoms with Gasteiger partial charge in [0.05, 0.1) is 29.1 Å². The number of ether oxygens (including phenoxy) is 1. The van der Waals surface area contributed by atoms with Crippen LogP contribution in [0.4, 0.5) is 17.1 Å². The van der Waals surface area contributed by atoms with Crippen LogP contribution in [0.3, 0.4) is 0 Å². The summed E-state index contributed by atoms with van der Waals surface area (Å²) in [6.45, 7) is 1.59. The third-order valence-electron chi connectivity index (χ3n) is 4.77. The smallest absolute Gasteiger partial charge is 0.271 e. The third kappa shape index (κ3) is 6.53. The minimum absolute atomic E-state index is 0.127. The molecule has 3 rings (SSSR count). The van der Waals surface area contributed by atoms with E-state index in [0.29, 0.717) is 22.7 Å². The maximum absolute atomic E-state index is 12.3. The first-order chi connectivity index (χ1) is 15.6. The van der Waals surface area contributed by atoms with E-state index in [1.807, 2.05) is 30.3 Å². The predicted molar refractivity (Wildman–Crippen MR) is 126 cm³/mol. The molecule has 3 aromatic carbocycles. The number of carbonyl (C=O) groups is 1. The Bertz CT molecular complexity index is 1240. The Kier molecular flexibility index (Phi) is 7.29. The molecule has 1 N–H and O–H groups in total.